The number of aliphatic hydroxyl groups is 4. The Labute approximate surface area is 507 Å². The topological polar surface area (TPSA) is 262 Å². The Bertz CT molecular complexity index is 3340. The molecule has 7 N–H and O–H groups in total. The zero-order valence-corrected chi connectivity index (χ0v) is 51.2. The zero-order chi connectivity index (χ0) is 61.6. The number of carbonyl (C=O) groups excluding carboxylic acids is 3. The van der Waals surface area contributed by atoms with Gasteiger partial charge in [-0.3, -0.25) is 24.0 Å². The van der Waals surface area contributed by atoms with E-state index in [1.54, 1.807) is 35.7 Å². The maximum absolute atomic E-state index is 13.1. The van der Waals surface area contributed by atoms with Crippen LogP contribution in [-0.2, 0) is 38.6 Å². The van der Waals surface area contributed by atoms with E-state index >= 15 is 0 Å². The van der Waals surface area contributed by atoms with Gasteiger partial charge in [0.25, 0.3) is 11.8 Å². The van der Waals surface area contributed by atoms with Gasteiger partial charge in [-0.1, -0.05) is 83.2 Å². The number of rotatable bonds is 32. The van der Waals surface area contributed by atoms with Crippen LogP contribution < -0.4 is 20.3 Å². The van der Waals surface area contributed by atoms with Crippen LogP contribution in [0.3, 0.4) is 0 Å². The van der Waals surface area contributed by atoms with Crippen LogP contribution in [0.1, 0.15) is 125 Å². The van der Waals surface area contributed by atoms with E-state index in [-0.39, 0.29) is 84.4 Å². The monoisotopic (exact) mass is 1200 g/mol. The number of carbonyl (C=O) groups is 4. The fourth-order valence-corrected chi connectivity index (χ4v) is 13.1. The van der Waals surface area contributed by atoms with E-state index in [1.807, 2.05) is 54.1 Å². The van der Waals surface area contributed by atoms with E-state index in [1.165, 1.54) is 23.3 Å². The molecule has 0 spiro atoms. The Morgan fingerprint density at radius 1 is 0.872 bits per heavy atom. The van der Waals surface area contributed by atoms with Gasteiger partial charge >= 0.3 is 5.97 Å². The van der Waals surface area contributed by atoms with Gasteiger partial charge < -0.3 is 50.5 Å². The number of aromatic nitrogens is 4. The summed E-state index contributed by atoms with van der Waals surface area (Å²) in [7, 11) is 0. The molecule has 2 aliphatic heterocycles. The summed E-state index contributed by atoms with van der Waals surface area (Å²) in [5.74, 6) is -1.40. The molecule has 86 heavy (non-hydrogen) atoms. The minimum Gasteiger partial charge on any atom is -0.476 e. The predicted octanol–water partition coefficient (Wildman–Crippen LogP) is 9.59. The van der Waals surface area contributed by atoms with Crippen molar-refractivity contribution in [2.45, 2.75) is 131 Å². The lowest BCUT2D eigenvalue weighted by Gasteiger charge is -2.42. The smallest absolute Gasteiger partial charge is 0.355 e. The van der Waals surface area contributed by atoms with Crippen molar-refractivity contribution in [3.63, 3.8) is 0 Å². The number of nitrogens with zero attached hydrogens (tertiary/aromatic N) is 6. The SMILES string of the molecule is Cc1c(-c2ccc(N3CCc4cccc(-c5nc6ccccc6s5)c4C3)nc2C(=O)O)cnn1CC(C)(CCCOCCNC/C=C/c1ccc(OC(O)CC(O)CCO)c(NC(=O)CCCCN2C(=O)C=CC2=O)c1)CC(C)(CO)CC(C)(C)C. The van der Waals surface area contributed by atoms with Crippen LogP contribution in [0.15, 0.2) is 97.2 Å². The van der Waals surface area contributed by atoms with Gasteiger partial charge in [0.05, 0.1) is 34.8 Å². The third kappa shape index (κ3) is 17.5. The molecule has 20 heteroatoms. The van der Waals surface area contributed by atoms with Crippen LogP contribution in [0.5, 0.6) is 5.75 Å². The van der Waals surface area contributed by atoms with E-state index in [4.69, 9.17) is 24.5 Å². The number of para-hydroxylation sites is 1. The molecule has 3 amide bonds. The second kappa shape index (κ2) is 29.5. The highest BCUT2D eigenvalue weighted by atomic mass is 32.1. The number of hydrogen-bond acceptors (Lipinski definition) is 16. The number of carboxylic acid groups (broad SMARTS) is 1. The van der Waals surface area contributed by atoms with Crippen LogP contribution >= 0.6 is 11.3 Å². The molecule has 3 aromatic heterocycles. The number of unbranched alkanes of at least 4 members (excludes halogenated alkanes) is 1. The number of pyridine rings is 1. The van der Waals surface area contributed by atoms with Crippen molar-refractivity contribution >= 4 is 62.8 Å². The summed E-state index contributed by atoms with van der Waals surface area (Å²) < 4.78 is 15.0. The maximum Gasteiger partial charge on any atom is 0.355 e. The van der Waals surface area contributed by atoms with E-state index < -0.39 is 18.4 Å². The number of hydrogen-bond donors (Lipinski definition) is 7. The first kappa shape index (κ1) is 64.8. The molecule has 5 heterocycles. The number of aromatic carboxylic acids is 1. The minimum absolute atomic E-state index is 0.0264. The summed E-state index contributed by atoms with van der Waals surface area (Å²) in [4.78, 5) is 63.0. The molecule has 3 aromatic carbocycles. The molecule has 6 aromatic rings. The maximum atomic E-state index is 13.1. The number of amides is 3. The van der Waals surface area contributed by atoms with Crippen molar-refractivity contribution in [3.05, 3.63) is 125 Å². The lowest BCUT2D eigenvalue weighted by molar-refractivity contribution is -0.136. The quantitative estimate of drug-likeness (QED) is 0.0118. The summed E-state index contributed by atoms with van der Waals surface area (Å²) in [6.07, 6.45) is 10.4. The third-order valence-electron chi connectivity index (χ3n) is 15.8. The second-order valence-electron chi connectivity index (χ2n) is 24.7. The Morgan fingerprint density at radius 3 is 2.41 bits per heavy atom. The summed E-state index contributed by atoms with van der Waals surface area (Å²) >= 11 is 1.67. The van der Waals surface area contributed by atoms with E-state index in [0.717, 1.165) is 69.0 Å². The molecule has 19 nitrogen and oxygen atoms in total. The van der Waals surface area contributed by atoms with Crippen LogP contribution in [0.2, 0.25) is 0 Å². The highest BCUT2D eigenvalue weighted by molar-refractivity contribution is 7.21. The normalized spacial score (nSPS) is 15.7. The lowest BCUT2D eigenvalue weighted by Crippen LogP contribution is -2.37. The number of imide groups is 1. The average molecular weight is 1200 g/mol. The van der Waals surface area contributed by atoms with Crippen LogP contribution in [0.4, 0.5) is 11.5 Å². The molecule has 0 bridgehead atoms. The van der Waals surface area contributed by atoms with E-state index in [0.29, 0.717) is 81.4 Å². The van der Waals surface area contributed by atoms with Gasteiger partial charge in [0, 0.05) is 106 Å². The average Bonchev–Trinajstić information content (AvgIpc) is 2.73. The fourth-order valence-electron chi connectivity index (χ4n) is 12.1. The molecule has 8 rings (SSSR count). The van der Waals surface area contributed by atoms with E-state index in [9.17, 15) is 44.7 Å². The van der Waals surface area contributed by atoms with Crippen molar-refractivity contribution in [1.29, 1.82) is 0 Å². The summed E-state index contributed by atoms with van der Waals surface area (Å²) in [6, 6.07) is 23.4. The van der Waals surface area contributed by atoms with Crippen molar-refractivity contribution in [2.24, 2.45) is 16.2 Å². The molecule has 4 atom stereocenters. The molecule has 0 fully saturated rings. The zero-order valence-electron chi connectivity index (χ0n) is 50.4. The molecule has 0 saturated heterocycles. The first-order valence-electron chi connectivity index (χ1n) is 29.8. The van der Waals surface area contributed by atoms with Crippen molar-refractivity contribution < 1.29 is 54.2 Å². The molecular weight excluding hydrogens is 1110 g/mol. The first-order valence-corrected chi connectivity index (χ1v) is 30.6. The number of benzene rings is 3. The Kier molecular flexibility index (Phi) is 22.2. The lowest BCUT2D eigenvalue weighted by atomic mass is 9.65. The molecule has 0 radical (unpaired) electrons. The minimum atomic E-state index is -1.40. The molecule has 0 saturated carbocycles. The van der Waals surface area contributed by atoms with Crippen LogP contribution in [-0.4, -0.2) is 139 Å². The second-order valence-corrected chi connectivity index (χ2v) is 25.7. The van der Waals surface area contributed by atoms with E-state index in [2.05, 4.69) is 74.4 Å². The number of aliphatic hydroxyl groups excluding tert-OH is 4. The van der Waals surface area contributed by atoms with Crippen molar-refractivity contribution in [2.75, 3.05) is 62.8 Å². The highest BCUT2D eigenvalue weighted by Gasteiger charge is 2.39. The first-order chi connectivity index (χ1) is 41.1. The number of fused-ring (bicyclic) bond motifs is 2. The highest BCUT2D eigenvalue weighted by Crippen LogP contribution is 2.46. The summed E-state index contributed by atoms with van der Waals surface area (Å²) in [5, 5.41) is 63.5. The molecular formula is C66H84N8O11S. The number of nitrogens with one attached hydrogen (secondary N) is 2. The fraction of sp³-hybridized carbons (Fsp3) is 0.470. The standard InChI is InChI=1S/C66H84N8O11S/c1-44-50(48-21-23-56(71-61(48)63(82)83)72-32-26-46-15-11-16-49(51(46)39-72)62-70-52-17-7-8-18-55(52)86-62)38-68-74(44)42-65(5,41-66(6,43-76)40-64(2,3)4)28-13-34-84-35-30-67-29-12-14-45-20-22-54(85-60(81)37-47(77)27-33-75)53(36-45)69-57(78)19-9-10-31-73-58(79)24-25-59(73)80/h7-8,11-12,14-18,20-25,36,38,47,60,67,75-77,81H,9-10,13,19,26-35,37,39-43H2,1-6H3,(H,69,78)(H,82,83)/b14-12+. The van der Waals surface area contributed by atoms with Gasteiger partial charge in [0.15, 0.2) is 12.0 Å². The van der Waals surface area contributed by atoms with Gasteiger partial charge in [0.2, 0.25) is 5.91 Å². The predicted molar refractivity (Wildman–Crippen MR) is 335 cm³/mol. The third-order valence-corrected chi connectivity index (χ3v) is 16.9. The molecule has 4 unspecified atom stereocenters. The number of thiazole rings is 1. The van der Waals surface area contributed by atoms with Gasteiger partial charge in [-0.15, -0.1) is 11.3 Å². The number of carboxylic acids is 1. The Morgan fingerprint density at radius 2 is 1.66 bits per heavy atom. The van der Waals surface area contributed by atoms with Gasteiger partial charge in [-0.2, -0.15) is 5.10 Å². The Balaban J connectivity index is 0.862. The molecule has 460 valence electrons. The number of anilines is 2. The summed E-state index contributed by atoms with van der Waals surface area (Å²) in [6.45, 7) is 16.8. The van der Waals surface area contributed by atoms with Gasteiger partial charge in [-0.05, 0) is 128 Å². The largest absolute Gasteiger partial charge is 0.476 e. The van der Waals surface area contributed by atoms with Crippen molar-refractivity contribution in [3.8, 4) is 27.4 Å². The van der Waals surface area contributed by atoms with Gasteiger partial charge in [0.1, 0.15) is 16.6 Å². The number of ether oxygens (including phenoxy) is 2. The molecule has 2 aliphatic rings. The summed E-state index contributed by atoms with van der Waals surface area (Å²) in [5.41, 5.74) is 6.80. The van der Waals surface area contributed by atoms with Crippen LogP contribution in [0.25, 0.3) is 38.0 Å². The van der Waals surface area contributed by atoms with Crippen LogP contribution in [0, 0.1) is 23.2 Å². The van der Waals surface area contributed by atoms with Crippen molar-refractivity contribution in [1.82, 2.24) is 30.0 Å². The Hall–Kier alpha value is -7.17. The van der Waals surface area contributed by atoms with Gasteiger partial charge in [-0.25, -0.2) is 14.8 Å². The molecule has 0 aliphatic carbocycles.